The summed E-state index contributed by atoms with van der Waals surface area (Å²) in [6, 6.07) is 12.5. The molecule has 6 nitrogen and oxygen atoms in total. The lowest BCUT2D eigenvalue weighted by Gasteiger charge is -2.33. The average Bonchev–Trinajstić information content (AvgIpc) is 2.81. The number of ether oxygens (including phenoxy) is 1. The minimum absolute atomic E-state index is 0.0562. The maximum atomic E-state index is 13.9. The summed E-state index contributed by atoms with van der Waals surface area (Å²) in [5.74, 6) is 0.262. The van der Waals surface area contributed by atoms with E-state index in [1.807, 2.05) is 36.0 Å². The number of halogens is 1. The van der Waals surface area contributed by atoms with Crippen molar-refractivity contribution >= 4 is 11.9 Å². The van der Waals surface area contributed by atoms with Gasteiger partial charge in [-0.25, -0.2) is 14.4 Å². The summed E-state index contributed by atoms with van der Waals surface area (Å²) < 4.78 is 20.0. The van der Waals surface area contributed by atoms with Gasteiger partial charge in [0.2, 0.25) is 11.9 Å². The number of aryl methyl sites for hydroxylation is 2. The van der Waals surface area contributed by atoms with Gasteiger partial charge in [-0.1, -0.05) is 30.3 Å². The Labute approximate surface area is 194 Å². The van der Waals surface area contributed by atoms with E-state index in [0.717, 1.165) is 5.56 Å². The molecule has 0 aliphatic carbocycles. The van der Waals surface area contributed by atoms with Crippen LogP contribution in [0.15, 0.2) is 48.7 Å². The molecule has 1 saturated heterocycles. The van der Waals surface area contributed by atoms with E-state index in [9.17, 15) is 9.18 Å². The third-order valence-corrected chi connectivity index (χ3v) is 5.99. The molecule has 33 heavy (non-hydrogen) atoms. The van der Waals surface area contributed by atoms with Gasteiger partial charge in [-0.2, -0.15) is 0 Å². The van der Waals surface area contributed by atoms with Gasteiger partial charge >= 0.3 is 0 Å². The fourth-order valence-corrected chi connectivity index (χ4v) is 3.97. The van der Waals surface area contributed by atoms with Crippen molar-refractivity contribution in [3.63, 3.8) is 0 Å². The van der Waals surface area contributed by atoms with Crippen LogP contribution in [0.2, 0.25) is 0 Å². The second-order valence-electron chi connectivity index (χ2n) is 8.67. The highest BCUT2D eigenvalue weighted by Crippen LogP contribution is 2.32. The first-order valence-corrected chi connectivity index (χ1v) is 11.1. The van der Waals surface area contributed by atoms with Crippen LogP contribution in [0.5, 0.6) is 0 Å². The lowest BCUT2D eigenvalue weighted by atomic mass is 10.0. The first-order chi connectivity index (χ1) is 15.8. The molecule has 3 aromatic rings. The quantitative estimate of drug-likeness (QED) is 0.588. The Morgan fingerprint density at radius 2 is 2.00 bits per heavy atom. The van der Waals surface area contributed by atoms with Crippen molar-refractivity contribution in [3.05, 3.63) is 76.9 Å². The second-order valence-corrected chi connectivity index (χ2v) is 8.67. The molecule has 1 aliphatic rings. The summed E-state index contributed by atoms with van der Waals surface area (Å²) in [5.41, 5.74) is 5.43. The zero-order valence-corrected chi connectivity index (χ0v) is 19.5. The number of anilines is 1. The Kier molecular flexibility index (Phi) is 6.70. The van der Waals surface area contributed by atoms with Gasteiger partial charge in [-0.3, -0.25) is 4.79 Å². The van der Waals surface area contributed by atoms with Crippen LogP contribution in [-0.2, 0) is 16.0 Å². The van der Waals surface area contributed by atoms with Crippen LogP contribution >= 0.6 is 0 Å². The highest BCUT2D eigenvalue weighted by molar-refractivity contribution is 5.79. The summed E-state index contributed by atoms with van der Waals surface area (Å²) in [6.45, 7) is 5.44. The van der Waals surface area contributed by atoms with Crippen molar-refractivity contribution in [1.82, 2.24) is 14.9 Å². The van der Waals surface area contributed by atoms with E-state index in [1.54, 1.807) is 12.3 Å². The molecule has 0 unspecified atom stereocenters. The number of aromatic nitrogens is 2. The number of amides is 1. The third kappa shape index (κ3) is 5.20. The molecule has 1 atom stereocenters. The molecule has 7 heteroatoms. The van der Waals surface area contributed by atoms with Crippen LogP contribution < -0.4 is 4.90 Å². The Balaban J connectivity index is 1.60. The monoisotopic (exact) mass is 448 g/mol. The van der Waals surface area contributed by atoms with E-state index in [2.05, 4.69) is 31.0 Å². The number of benzene rings is 2. The van der Waals surface area contributed by atoms with Crippen molar-refractivity contribution in [3.8, 4) is 11.1 Å². The minimum Gasteiger partial charge on any atom is -0.368 e. The highest BCUT2D eigenvalue weighted by Gasteiger charge is 2.29. The van der Waals surface area contributed by atoms with Crippen LogP contribution in [0.25, 0.3) is 11.1 Å². The standard InChI is InChI=1S/C26H29FN4O2/c1-17-8-9-19(12-18(17)2)13-24(32)31-10-11-33-23(16-31)25-22(15-28-26(29-25)30(3)4)20-6-5-7-21(27)14-20/h5-9,12,14-15,23H,10-11,13,16H2,1-4H3/t23-/m0/s1. The maximum Gasteiger partial charge on any atom is 0.227 e. The number of morpholine rings is 1. The van der Waals surface area contributed by atoms with Gasteiger partial charge in [-0.05, 0) is 48.2 Å². The molecule has 1 fully saturated rings. The Morgan fingerprint density at radius 1 is 1.18 bits per heavy atom. The average molecular weight is 449 g/mol. The molecule has 1 aliphatic heterocycles. The Morgan fingerprint density at radius 3 is 2.73 bits per heavy atom. The van der Waals surface area contributed by atoms with Crippen LogP contribution in [-0.4, -0.2) is 54.6 Å². The third-order valence-electron chi connectivity index (χ3n) is 5.99. The van der Waals surface area contributed by atoms with E-state index in [0.29, 0.717) is 48.9 Å². The number of hydrogen-bond donors (Lipinski definition) is 0. The maximum absolute atomic E-state index is 13.9. The fraction of sp³-hybridized carbons (Fsp3) is 0.346. The minimum atomic E-state index is -0.428. The number of rotatable bonds is 5. The summed E-state index contributed by atoms with van der Waals surface area (Å²) in [6.07, 6.45) is 1.62. The topological polar surface area (TPSA) is 58.6 Å². The SMILES string of the molecule is Cc1ccc(CC(=O)N2CCO[C@H](c3nc(N(C)C)ncc3-c3cccc(F)c3)C2)cc1C. The van der Waals surface area contributed by atoms with Crippen LogP contribution in [0.4, 0.5) is 10.3 Å². The summed E-state index contributed by atoms with van der Waals surface area (Å²) >= 11 is 0. The van der Waals surface area contributed by atoms with E-state index in [4.69, 9.17) is 9.72 Å². The van der Waals surface area contributed by atoms with Crippen molar-refractivity contribution in [1.29, 1.82) is 0 Å². The van der Waals surface area contributed by atoms with Gasteiger partial charge in [0, 0.05) is 32.4 Å². The van der Waals surface area contributed by atoms with Gasteiger partial charge < -0.3 is 14.5 Å². The zero-order valence-electron chi connectivity index (χ0n) is 19.5. The van der Waals surface area contributed by atoms with Crippen molar-refractivity contribution in [2.75, 3.05) is 38.7 Å². The van der Waals surface area contributed by atoms with Crippen LogP contribution in [0.3, 0.4) is 0 Å². The van der Waals surface area contributed by atoms with Crippen molar-refractivity contribution < 1.29 is 13.9 Å². The van der Waals surface area contributed by atoms with Crippen LogP contribution in [0, 0.1) is 19.7 Å². The molecule has 1 amide bonds. The molecule has 0 bridgehead atoms. The first-order valence-electron chi connectivity index (χ1n) is 11.1. The second kappa shape index (κ2) is 9.67. The smallest absolute Gasteiger partial charge is 0.227 e. The van der Waals surface area contributed by atoms with Crippen molar-refractivity contribution in [2.45, 2.75) is 26.4 Å². The molecular weight excluding hydrogens is 419 g/mol. The molecular formula is C26H29FN4O2. The largest absolute Gasteiger partial charge is 0.368 e. The number of carbonyl (C=O) groups is 1. The molecule has 0 spiro atoms. The van der Waals surface area contributed by atoms with Gasteiger partial charge in [0.15, 0.2) is 0 Å². The molecule has 2 aromatic carbocycles. The molecule has 0 saturated carbocycles. The Hall–Kier alpha value is -3.32. The van der Waals surface area contributed by atoms with Crippen molar-refractivity contribution in [2.24, 2.45) is 0 Å². The van der Waals surface area contributed by atoms with E-state index in [1.165, 1.54) is 23.3 Å². The molecule has 0 N–H and O–H groups in total. The molecule has 4 rings (SSSR count). The lowest BCUT2D eigenvalue weighted by Crippen LogP contribution is -2.43. The van der Waals surface area contributed by atoms with Crippen LogP contribution in [0.1, 0.15) is 28.5 Å². The zero-order chi connectivity index (χ0) is 23.5. The summed E-state index contributed by atoms with van der Waals surface area (Å²) in [5, 5.41) is 0. The first kappa shape index (κ1) is 22.9. The Bertz CT molecular complexity index is 1160. The van der Waals surface area contributed by atoms with Gasteiger partial charge in [0.05, 0.1) is 25.3 Å². The molecule has 2 heterocycles. The van der Waals surface area contributed by atoms with Gasteiger partial charge in [-0.15, -0.1) is 0 Å². The lowest BCUT2D eigenvalue weighted by molar-refractivity contribution is -0.138. The molecule has 0 radical (unpaired) electrons. The normalized spacial score (nSPS) is 16.0. The predicted molar refractivity (Wildman–Crippen MR) is 127 cm³/mol. The summed E-state index contributed by atoms with van der Waals surface area (Å²) in [7, 11) is 3.73. The molecule has 172 valence electrons. The number of carbonyl (C=O) groups excluding carboxylic acids is 1. The van der Waals surface area contributed by atoms with Gasteiger partial charge in [0.25, 0.3) is 0 Å². The van der Waals surface area contributed by atoms with E-state index >= 15 is 0 Å². The predicted octanol–water partition coefficient (Wildman–Crippen LogP) is 4.11. The highest BCUT2D eigenvalue weighted by atomic mass is 19.1. The summed E-state index contributed by atoms with van der Waals surface area (Å²) in [4.78, 5) is 25.9. The van der Waals surface area contributed by atoms with E-state index in [-0.39, 0.29) is 11.7 Å². The number of hydrogen-bond acceptors (Lipinski definition) is 5. The fourth-order valence-electron chi connectivity index (χ4n) is 3.97. The van der Waals surface area contributed by atoms with Gasteiger partial charge in [0.1, 0.15) is 11.9 Å². The van der Waals surface area contributed by atoms with E-state index < -0.39 is 6.10 Å². The number of nitrogens with zero attached hydrogens (tertiary/aromatic N) is 4. The molecule has 1 aromatic heterocycles.